The van der Waals surface area contributed by atoms with Crippen LogP contribution in [0.5, 0.6) is 0 Å². The third kappa shape index (κ3) is 7.33. The number of pyridine rings is 2. The Morgan fingerprint density at radius 3 is 2.31 bits per heavy atom. The fraction of sp³-hybridized carbons (Fsp3) is 0.174. The maximum absolute atomic E-state index is 13.6. The Hall–Kier alpha value is -4.89. The molecule has 3 aromatic rings. The molecular weight excluding hydrogens is 538 g/mol. The quantitative estimate of drug-likeness (QED) is 0.290. The van der Waals surface area contributed by atoms with Crippen molar-refractivity contribution in [2.24, 2.45) is 0 Å². The molecule has 5 N–H and O–H groups in total. The van der Waals surface area contributed by atoms with Crippen LogP contribution in [0, 0.1) is 0 Å². The number of nitrogens with one attached hydrogen (secondary N) is 4. The lowest BCUT2D eigenvalue weighted by Gasteiger charge is -2.17. The highest BCUT2D eigenvalue weighted by Gasteiger charge is 2.38. The molecule has 0 atom stereocenters. The van der Waals surface area contributed by atoms with Crippen LogP contribution in [0.3, 0.4) is 0 Å². The number of benzene rings is 1. The summed E-state index contributed by atoms with van der Waals surface area (Å²) in [6.45, 7) is 0. The molecule has 10 nitrogen and oxygen atoms in total. The van der Waals surface area contributed by atoms with Gasteiger partial charge in [-0.2, -0.15) is 26.3 Å². The molecule has 1 aliphatic rings. The molecule has 1 aliphatic heterocycles. The first-order chi connectivity index (χ1) is 18.2. The van der Waals surface area contributed by atoms with Crippen LogP contribution in [0.4, 0.5) is 54.9 Å². The number of hydrogen-bond acceptors (Lipinski definition) is 7. The minimum absolute atomic E-state index is 0.0507. The number of hydrogen-bond donors (Lipinski definition) is 5. The van der Waals surface area contributed by atoms with Crippen LogP contribution in [0.1, 0.15) is 21.6 Å². The Morgan fingerprint density at radius 1 is 1.00 bits per heavy atom. The van der Waals surface area contributed by atoms with Crippen LogP contribution < -0.4 is 21.3 Å². The van der Waals surface area contributed by atoms with E-state index in [-0.39, 0.29) is 35.2 Å². The summed E-state index contributed by atoms with van der Waals surface area (Å²) in [4.78, 5) is 40.3. The van der Waals surface area contributed by atoms with E-state index in [0.717, 1.165) is 5.56 Å². The summed E-state index contributed by atoms with van der Waals surface area (Å²) < 4.78 is 72.5. The molecule has 2 aromatic heterocycles. The van der Waals surface area contributed by atoms with E-state index >= 15 is 0 Å². The molecule has 1 aromatic carbocycles. The molecular formula is C23H18F6N6O4. The molecule has 39 heavy (non-hydrogen) atoms. The number of amides is 2. The zero-order valence-electron chi connectivity index (χ0n) is 19.7. The number of carboxylic acid groups (broad SMARTS) is 1. The van der Waals surface area contributed by atoms with Gasteiger partial charge in [-0.15, -0.1) is 0 Å². The minimum atomic E-state index is -5.08. The molecule has 0 saturated heterocycles. The topological polar surface area (TPSA) is 145 Å². The summed E-state index contributed by atoms with van der Waals surface area (Å²) in [7, 11) is 1.40. The van der Waals surface area contributed by atoms with Crippen molar-refractivity contribution >= 4 is 46.4 Å². The maximum Gasteiger partial charge on any atom is 0.490 e. The summed E-state index contributed by atoms with van der Waals surface area (Å²) in [6, 6.07) is 9.27. The number of carboxylic acids is 1. The van der Waals surface area contributed by atoms with Gasteiger partial charge in [0.25, 0.3) is 5.91 Å². The zero-order chi connectivity index (χ0) is 29.0. The smallest absolute Gasteiger partial charge is 0.475 e. The lowest BCUT2D eigenvalue weighted by molar-refractivity contribution is -0.192. The van der Waals surface area contributed by atoms with E-state index < -0.39 is 29.8 Å². The van der Waals surface area contributed by atoms with Crippen molar-refractivity contribution in [2.75, 3.05) is 23.0 Å². The predicted octanol–water partition coefficient (Wildman–Crippen LogP) is 4.47. The van der Waals surface area contributed by atoms with E-state index in [0.29, 0.717) is 17.6 Å². The second kappa shape index (κ2) is 11.2. The van der Waals surface area contributed by atoms with Crippen LogP contribution >= 0.6 is 0 Å². The number of aromatic nitrogens is 2. The van der Waals surface area contributed by atoms with Crippen LogP contribution in [0.15, 0.2) is 48.8 Å². The van der Waals surface area contributed by atoms with Crippen molar-refractivity contribution in [3.8, 4) is 0 Å². The SMILES string of the molecule is CNC(=O)c1ncccc1Nc1cc(Nc2ccc3c(c2)CC(=O)N3)ncc1C(F)(F)F.O=C(O)C(F)(F)F. The first-order valence-corrected chi connectivity index (χ1v) is 10.7. The van der Waals surface area contributed by atoms with Gasteiger partial charge in [0.2, 0.25) is 5.91 Å². The van der Waals surface area contributed by atoms with Crippen molar-refractivity contribution in [2.45, 2.75) is 18.8 Å². The van der Waals surface area contributed by atoms with Gasteiger partial charge >= 0.3 is 18.3 Å². The molecule has 0 aliphatic carbocycles. The van der Waals surface area contributed by atoms with Gasteiger partial charge in [-0.05, 0) is 35.9 Å². The van der Waals surface area contributed by atoms with Gasteiger partial charge in [-0.1, -0.05) is 0 Å². The van der Waals surface area contributed by atoms with E-state index in [2.05, 4.69) is 31.2 Å². The van der Waals surface area contributed by atoms with Crippen LogP contribution in [0.2, 0.25) is 0 Å². The van der Waals surface area contributed by atoms with Gasteiger partial charge in [0, 0.05) is 36.9 Å². The molecule has 0 bridgehead atoms. The predicted molar refractivity (Wildman–Crippen MR) is 126 cm³/mol. The number of halogens is 6. The van der Waals surface area contributed by atoms with Crippen molar-refractivity contribution in [3.05, 3.63) is 65.6 Å². The van der Waals surface area contributed by atoms with Gasteiger partial charge < -0.3 is 26.4 Å². The van der Waals surface area contributed by atoms with Crippen LogP contribution in [0.25, 0.3) is 0 Å². The van der Waals surface area contributed by atoms with Gasteiger partial charge in [0.15, 0.2) is 5.69 Å². The standard InChI is InChI=1S/C21H17F3N6O2.C2HF3O2/c1-25-20(32)19-15(3-2-6-26-19)29-16-9-17(27-10-13(16)21(22,23)24)28-12-4-5-14-11(7-12)8-18(31)30-14;3-2(4,5)1(6)7/h2-7,9-10H,8H2,1H3,(H,25,32)(H,30,31)(H2,27,28,29);(H,6,7). The number of carbonyl (C=O) groups is 3. The molecule has 0 radical (unpaired) electrons. The molecule has 0 fully saturated rings. The summed E-state index contributed by atoms with van der Waals surface area (Å²) in [5.41, 5.74) is 0.787. The first-order valence-electron chi connectivity index (χ1n) is 10.7. The van der Waals surface area contributed by atoms with Gasteiger partial charge in [-0.3, -0.25) is 9.59 Å². The molecule has 0 saturated carbocycles. The van der Waals surface area contributed by atoms with Crippen molar-refractivity contribution in [3.63, 3.8) is 0 Å². The number of fused-ring (bicyclic) bond motifs is 1. The van der Waals surface area contributed by atoms with Crippen molar-refractivity contribution in [1.29, 1.82) is 0 Å². The number of anilines is 5. The molecule has 206 valence electrons. The lowest BCUT2D eigenvalue weighted by atomic mass is 10.1. The van der Waals surface area contributed by atoms with Gasteiger partial charge in [0.1, 0.15) is 5.82 Å². The van der Waals surface area contributed by atoms with E-state index in [1.807, 2.05) is 0 Å². The normalized spacial score (nSPS) is 12.4. The summed E-state index contributed by atoms with van der Waals surface area (Å²) in [5, 5.41) is 17.8. The average molecular weight is 556 g/mol. The maximum atomic E-state index is 13.6. The Morgan fingerprint density at radius 2 is 1.69 bits per heavy atom. The second-order valence-corrected chi connectivity index (χ2v) is 7.74. The lowest BCUT2D eigenvalue weighted by Crippen LogP contribution is -2.21. The molecule has 16 heteroatoms. The summed E-state index contributed by atoms with van der Waals surface area (Å²) >= 11 is 0. The van der Waals surface area contributed by atoms with E-state index in [4.69, 9.17) is 9.90 Å². The van der Waals surface area contributed by atoms with E-state index in [1.54, 1.807) is 18.2 Å². The third-order valence-corrected chi connectivity index (χ3v) is 4.97. The van der Waals surface area contributed by atoms with Crippen molar-refractivity contribution < 1.29 is 45.8 Å². The molecule has 4 rings (SSSR count). The Kier molecular flexibility index (Phi) is 8.27. The minimum Gasteiger partial charge on any atom is -0.475 e. The third-order valence-electron chi connectivity index (χ3n) is 4.97. The highest BCUT2D eigenvalue weighted by atomic mass is 19.4. The molecule has 3 heterocycles. The molecule has 0 spiro atoms. The second-order valence-electron chi connectivity index (χ2n) is 7.74. The fourth-order valence-corrected chi connectivity index (χ4v) is 3.26. The van der Waals surface area contributed by atoms with E-state index in [9.17, 15) is 35.9 Å². The van der Waals surface area contributed by atoms with Crippen LogP contribution in [-0.4, -0.2) is 46.1 Å². The number of carbonyl (C=O) groups excluding carboxylic acids is 2. The van der Waals surface area contributed by atoms with Crippen molar-refractivity contribution in [1.82, 2.24) is 15.3 Å². The monoisotopic (exact) mass is 556 g/mol. The molecule has 2 amide bonds. The Labute approximate surface area is 215 Å². The number of aliphatic carboxylic acids is 1. The molecule has 0 unspecified atom stereocenters. The highest BCUT2D eigenvalue weighted by molar-refractivity contribution is 6.00. The highest BCUT2D eigenvalue weighted by Crippen LogP contribution is 2.37. The number of nitrogens with zero attached hydrogens (tertiary/aromatic N) is 2. The zero-order valence-corrected chi connectivity index (χ0v) is 19.7. The van der Waals surface area contributed by atoms with E-state index in [1.165, 1.54) is 31.4 Å². The Balaban J connectivity index is 0.000000532. The fourth-order valence-electron chi connectivity index (χ4n) is 3.26. The average Bonchev–Trinajstić information content (AvgIpc) is 3.22. The summed E-state index contributed by atoms with van der Waals surface area (Å²) in [6.07, 6.45) is -7.46. The number of rotatable bonds is 5. The Bertz CT molecular complexity index is 1410. The number of alkyl halides is 6. The largest absolute Gasteiger partial charge is 0.490 e. The summed E-state index contributed by atoms with van der Waals surface area (Å²) in [5.74, 6) is -3.29. The van der Waals surface area contributed by atoms with Gasteiger partial charge in [-0.25, -0.2) is 14.8 Å². The van der Waals surface area contributed by atoms with Gasteiger partial charge in [0.05, 0.1) is 23.4 Å². The van der Waals surface area contributed by atoms with Crippen LogP contribution in [-0.2, 0) is 22.2 Å². The first kappa shape index (κ1) is 28.7.